The molecule has 4 aromatic heterocycles. The van der Waals surface area contributed by atoms with Crippen molar-refractivity contribution in [2.24, 2.45) is 7.05 Å². The Bertz CT molecular complexity index is 2320. The number of fused-ring (bicyclic) bond motifs is 1. The minimum absolute atomic E-state index is 0.00278. The fourth-order valence-electron chi connectivity index (χ4n) is 5.53. The summed E-state index contributed by atoms with van der Waals surface area (Å²) in [6.07, 6.45) is 8.44. The second-order valence-corrected chi connectivity index (χ2v) is 12.1. The van der Waals surface area contributed by atoms with Crippen LogP contribution in [0, 0.1) is 5.82 Å². The molecular weight excluding hydrogens is 645 g/mol. The average Bonchev–Trinajstić information content (AvgIpc) is 3.71. The van der Waals surface area contributed by atoms with E-state index in [0.717, 1.165) is 28.8 Å². The zero-order valence-electron chi connectivity index (χ0n) is 26.8. The van der Waals surface area contributed by atoms with Crippen LogP contribution in [-0.2, 0) is 13.6 Å². The summed E-state index contributed by atoms with van der Waals surface area (Å²) in [6.45, 7) is 0.766. The highest BCUT2D eigenvalue weighted by Crippen LogP contribution is 2.44. The Balaban J connectivity index is 1.17. The Labute approximate surface area is 286 Å². The van der Waals surface area contributed by atoms with Gasteiger partial charge in [0.1, 0.15) is 34.6 Å². The van der Waals surface area contributed by atoms with Crippen LogP contribution < -0.4 is 14.6 Å². The van der Waals surface area contributed by atoms with Gasteiger partial charge in [-0.05, 0) is 67.7 Å². The molecule has 0 bridgehead atoms. The molecule has 0 fully saturated rings. The molecule has 0 aliphatic carbocycles. The third-order valence-electron chi connectivity index (χ3n) is 7.73. The second kappa shape index (κ2) is 13.3. The summed E-state index contributed by atoms with van der Waals surface area (Å²) in [4.78, 5) is 24.2. The van der Waals surface area contributed by atoms with Crippen LogP contribution in [0.15, 0.2) is 114 Å². The Morgan fingerprint density at radius 3 is 2.63 bits per heavy atom. The molecule has 0 aliphatic heterocycles. The van der Waals surface area contributed by atoms with Crippen LogP contribution in [0.2, 0.25) is 5.02 Å². The molecule has 7 aromatic rings. The number of anilines is 1. The van der Waals surface area contributed by atoms with E-state index in [0.29, 0.717) is 45.4 Å². The number of amides is 1. The zero-order chi connectivity index (χ0) is 34.1. The molecule has 244 valence electrons. The molecule has 0 aliphatic rings. The van der Waals surface area contributed by atoms with Crippen LogP contribution in [0.5, 0.6) is 11.6 Å². The number of aromatic nitrogens is 5. The molecule has 0 unspecified atom stereocenters. The molecular formula is C37H30ClFN7O3+. The van der Waals surface area contributed by atoms with Crippen molar-refractivity contribution >= 4 is 34.3 Å². The summed E-state index contributed by atoms with van der Waals surface area (Å²) >= 11 is 5.96. The summed E-state index contributed by atoms with van der Waals surface area (Å²) < 4.78 is 29.7. The highest BCUT2D eigenvalue weighted by Gasteiger charge is 2.24. The first kappa shape index (κ1) is 31.7. The lowest BCUT2D eigenvalue weighted by atomic mass is 9.99. The molecule has 4 heterocycles. The predicted molar refractivity (Wildman–Crippen MR) is 184 cm³/mol. The highest BCUT2D eigenvalue weighted by atomic mass is 35.5. The summed E-state index contributed by atoms with van der Waals surface area (Å²) in [5.41, 5.74) is 5.62. The largest absolute Gasteiger partial charge is 0.438 e. The number of carbonyl (C=O) groups is 1. The Hall–Kier alpha value is -5.91. The van der Waals surface area contributed by atoms with Gasteiger partial charge in [0.15, 0.2) is 12.4 Å². The maximum absolute atomic E-state index is 13.7. The summed E-state index contributed by atoms with van der Waals surface area (Å²) in [6, 6.07) is 23.0. The maximum atomic E-state index is 13.7. The van der Waals surface area contributed by atoms with Crippen molar-refractivity contribution in [1.82, 2.24) is 24.6 Å². The Morgan fingerprint density at radius 1 is 1.04 bits per heavy atom. The first-order valence-electron chi connectivity index (χ1n) is 15.3. The average molecular weight is 675 g/mol. The zero-order valence-corrected chi connectivity index (χ0v) is 27.5. The molecule has 1 N–H and O–H groups in total. The number of hydrogen-bond acceptors (Lipinski definition) is 7. The molecule has 7 rings (SSSR count). The van der Waals surface area contributed by atoms with Crippen molar-refractivity contribution in [3.63, 3.8) is 0 Å². The van der Waals surface area contributed by atoms with E-state index in [1.807, 2.05) is 39.5 Å². The minimum atomic E-state index is -0.512. The van der Waals surface area contributed by atoms with Gasteiger partial charge in [0.25, 0.3) is 5.91 Å². The van der Waals surface area contributed by atoms with Crippen molar-refractivity contribution in [2.45, 2.75) is 6.54 Å². The number of ether oxygens (including phenoxy) is 1. The van der Waals surface area contributed by atoms with Crippen LogP contribution in [0.1, 0.15) is 15.9 Å². The fourth-order valence-corrected chi connectivity index (χ4v) is 5.70. The molecule has 0 saturated heterocycles. The van der Waals surface area contributed by atoms with Gasteiger partial charge in [0.05, 0.1) is 16.8 Å². The number of hydrogen-bond donors (Lipinski definition) is 1. The van der Waals surface area contributed by atoms with Gasteiger partial charge >= 0.3 is 0 Å². The highest BCUT2D eigenvalue weighted by molar-refractivity contribution is 6.30. The van der Waals surface area contributed by atoms with E-state index in [1.54, 1.807) is 70.3 Å². The van der Waals surface area contributed by atoms with E-state index in [1.165, 1.54) is 18.5 Å². The van der Waals surface area contributed by atoms with Gasteiger partial charge in [-0.1, -0.05) is 29.8 Å². The number of furan rings is 1. The molecule has 0 saturated carbocycles. The number of rotatable bonds is 9. The molecule has 0 spiro atoms. The van der Waals surface area contributed by atoms with Crippen LogP contribution >= 0.6 is 11.6 Å². The lowest BCUT2D eigenvalue weighted by Gasteiger charge is -2.12. The van der Waals surface area contributed by atoms with Crippen molar-refractivity contribution in [3.05, 3.63) is 132 Å². The monoisotopic (exact) mass is 674 g/mol. The van der Waals surface area contributed by atoms with E-state index < -0.39 is 5.82 Å². The van der Waals surface area contributed by atoms with E-state index in [9.17, 15) is 9.18 Å². The summed E-state index contributed by atoms with van der Waals surface area (Å²) in [5, 5.41) is 7.88. The molecule has 0 radical (unpaired) electrons. The topological polar surface area (TPSA) is 102 Å². The number of aryl methyl sites for hydroxylation is 1. The van der Waals surface area contributed by atoms with Crippen molar-refractivity contribution in [1.29, 1.82) is 0 Å². The molecule has 10 nitrogen and oxygen atoms in total. The Kier molecular flexibility index (Phi) is 8.60. The van der Waals surface area contributed by atoms with Crippen molar-refractivity contribution < 1.29 is 22.9 Å². The molecule has 1 amide bonds. The van der Waals surface area contributed by atoms with Crippen molar-refractivity contribution in [3.8, 4) is 39.8 Å². The normalized spacial score (nSPS) is 11.3. The lowest BCUT2D eigenvalue weighted by molar-refractivity contribution is -0.595. The van der Waals surface area contributed by atoms with Gasteiger partial charge in [-0.15, -0.1) is 0 Å². The SMILES string of the molecule is CN(C)Cc1cccc(-c2c(-c3cnn(C)c3)oc3ncnc(Oc4ccc(NC(=O)c5ccc[n+](-c6ccc(F)c(Cl)c6)c5)cc4)c23)c1. The van der Waals surface area contributed by atoms with Crippen LogP contribution in [0.3, 0.4) is 0 Å². The van der Waals surface area contributed by atoms with Crippen LogP contribution in [0.4, 0.5) is 10.1 Å². The lowest BCUT2D eigenvalue weighted by Crippen LogP contribution is -2.31. The van der Waals surface area contributed by atoms with Crippen molar-refractivity contribution in [2.75, 3.05) is 19.4 Å². The number of carbonyl (C=O) groups excluding carboxylic acids is 1. The van der Waals surface area contributed by atoms with Gasteiger partial charge in [0.2, 0.25) is 17.3 Å². The third-order valence-corrected chi connectivity index (χ3v) is 8.02. The van der Waals surface area contributed by atoms with Gasteiger partial charge in [-0.2, -0.15) is 9.67 Å². The molecule has 49 heavy (non-hydrogen) atoms. The number of halogens is 2. The summed E-state index contributed by atoms with van der Waals surface area (Å²) in [5.74, 6) is 0.597. The fraction of sp³-hybridized carbons (Fsp3) is 0.108. The molecule has 0 atom stereocenters. The first-order valence-corrected chi connectivity index (χ1v) is 15.7. The number of nitrogens with zero attached hydrogens (tertiary/aromatic N) is 6. The Morgan fingerprint density at radius 2 is 1.88 bits per heavy atom. The third kappa shape index (κ3) is 6.75. The van der Waals surface area contributed by atoms with Gasteiger partial charge in [-0.3, -0.25) is 9.48 Å². The predicted octanol–water partition coefficient (Wildman–Crippen LogP) is 7.47. The summed E-state index contributed by atoms with van der Waals surface area (Å²) in [7, 11) is 5.91. The second-order valence-electron chi connectivity index (χ2n) is 11.7. The first-order chi connectivity index (χ1) is 23.7. The number of benzene rings is 3. The van der Waals surface area contributed by atoms with E-state index in [-0.39, 0.29) is 10.9 Å². The smallest absolute Gasteiger partial charge is 0.261 e. The van der Waals surface area contributed by atoms with Gasteiger partial charge in [0, 0.05) is 49.2 Å². The minimum Gasteiger partial charge on any atom is -0.438 e. The van der Waals surface area contributed by atoms with Gasteiger partial charge < -0.3 is 19.4 Å². The molecule has 3 aromatic carbocycles. The van der Waals surface area contributed by atoms with Gasteiger partial charge in [-0.25, -0.2) is 14.4 Å². The quantitative estimate of drug-likeness (QED) is 0.159. The number of nitrogens with one attached hydrogen (secondary N) is 1. The van der Waals surface area contributed by atoms with Crippen LogP contribution in [-0.4, -0.2) is 44.7 Å². The van der Waals surface area contributed by atoms with Crippen LogP contribution in [0.25, 0.3) is 39.2 Å². The maximum Gasteiger partial charge on any atom is 0.261 e. The number of pyridine rings is 1. The van der Waals surface area contributed by atoms with E-state index in [4.69, 9.17) is 20.8 Å². The standard InChI is InChI=1S/C37H29ClFN7O3/c1-44(2)19-23-6-4-7-24(16-23)32-33-36(40-22-41-37(33)49-34(32)26-18-42-45(3)20-26)48-29-12-9-27(10-13-29)43-35(47)25-8-5-15-46(21-25)28-11-14-31(39)30(38)17-28/h4-18,20-22H,19H2,1-3H3/p+1. The molecule has 12 heteroatoms. The van der Waals surface area contributed by atoms with E-state index >= 15 is 0 Å². The van der Waals surface area contributed by atoms with E-state index in [2.05, 4.69) is 37.4 Å².